The van der Waals surface area contributed by atoms with Crippen LogP contribution in [0.25, 0.3) is 17.0 Å². The van der Waals surface area contributed by atoms with Crippen molar-refractivity contribution in [3.05, 3.63) is 81.2 Å². The average Bonchev–Trinajstić information content (AvgIpc) is 2.72. The van der Waals surface area contributed by atoms with Gasteiger partial charge >= 0.3 is 5.97 Å². The van der Waals surface area contributed by atoms with Crippen LogP contribution in [0.2, 0.25) is 5.02 Å². The first-order valence-corrected chi connectivity index (χ1v) is 9.83. The van der Waals surface area contributed by atoms with Gasteiger partial charge in [-0.1, -0.05) is 23.7 Å². The molecule has 0 fully saturated rings. The smallest absolute Gasteiger partial charge is 0.330 e. The first-order valence-electron chi connectivity index (χ1n) is 9.45. The van der Waals surface area contributed by atoms with Crippen LogP contribution in [-0.2, 0) is 9.53 Å². The van der Waals surface area contributed by atoms with Gasteiger partial charge in [0.15, 0.2) is 0 Å². The Labute approximate surface area is 183 Å². The van der Waals surface area contributed by atoms with Crippen molar-refractivity contribution in [2.45, 2.75) is 0 Å². The van der Waals surface area contributed by atoms with E-state index in [1.807, 2.05) is 19.0 Å². The van der Waals surface area contributed by atoms with E-state index >= 15 is 0 Å². The Morgan fingerprint density at radius 3 is 2.74 bits per heavy atom. The van der Waals surface area contributed by atoms with Gasteiger partial charge in [-0.2, -0.15) is 0 Å². The molecule has 1 heterocycles. The van der Waals surface area contributed by atoms with Crippen LogP contribution in [0.5, 0.6) is 0 Å². The lowest BCUT2D eigenvalue weighted by Gasteiger charge is -2.08. The van der Waals surface area contributed by atoms with Gasteiger partial charge in [-0.3, -0.25) is 9.59 Å². The summed E-state index contributed by atoms with van der Waals surface area (Å²) in [5.74, 6) is -1.09. The summed E-state index contributed by atoms with van der Waals surface area (Å²) in [7, 11) is 3.77. The number of hydrogen-bond donors (Lipinski definition) is 1. The number of fused-ring (bicyclic) bond motifs is 1. The average molecular weight is 441 g/mol. The number of nitrogens with one attached hydrogen (secondary N) is 1. The van der Waals surface area contributed by atoms with E-state index in [9.17, 15) is 14.4 Å². The fourth-order valence-corrected chi connectivity index (χ4v) is 2.91. The SMILES string of the molecule is CN(C)CCOC(=O)/C=C/c1ccc2occ(C(=O)Nc3cccc(Cl)c3)c(=O)c2c1. The summed E-state index contributed by atoms with van der Waals surface area (Å²) in [5.41, 5.74) is 0.759. The Balaban J connectivity index is 1.79. The van der Waals surface area contributed by atoms with Crippen LogP contribution in [-0.4, -0.2) is 44.0 Å². The minimum atomic E-state index is -0.608. The molecule has 7 nitrogen and oxygen atoms in total. The van der Waals surface area contributed by atoms with Gasteiger partial charge in [0.25, 0.3) is 5.91 Å². The second-order valence-electron chi connectivity index (χ2n) is 7.00. The maximum absolute atomic E-state index is 12.9. The number of hydrogen-bond acceptors (Lipinski definition) is 6. The lowest BCUT2D eigenvalue weighted by molar-refractivity contribution is -0.137. The van der Waals surface area contributed by atoms with E-state index in [0.29, 0.717) is 28.4 Å². The highest BCUT2D eigenvalue weighted by Gasteiger charge is 2.15. The van der Waals surface area contributed by atoms with Crippen LogP contribution in [0.1, 0.15) is 15.9 Å². The van der Waals surface area contributed by atoms with Crippen molar-refractivity contribution >= 4 is 46.2 Å². The van der Waals surface area contributed by atoms with Crippen molar-refractivity contribution in [2.24, 2.45) is 0 Å². The zero-order valence-corrected chi connectivity index (χ0v) is 17.8. The molecule has 0 bridgehead atoms. The van der Waals surface area contributed by atoms with E-state index in [4.69, 9.17) is 20.8 Å². The van der Waals surface area contributed by atoms with Crippen molar-refractivity contribution < 1.29 is 18.7 Å². The van der Waals surface area contributed by atoms with E-state index in [-0.39, 0.29) is 17.6 Å². The van der Waals surface area contributed by atoms with Crippen LogP contribution in [0.15, 0.2) is 64.0 Å². The summed E-state index contributed by atoms with van der Waals surface area (Å²) < 4.78 is 10.5. The molecule has 0 aliphatic rings. The van der Waals surface area contributed by atoms with Crippen molar-refractivity contribution in [2.75, 3.05) is 32.6 Å². The van der Waals surface area contributed by atoms with Crippen LogP contribution in [0.4, 0.5) is 5.69 Å². The quantitative estimate of drug-likeness (QED) is 0.444. The number of rotatable bonds is 7. The second kappa shape index (κ2) is 10.1. The first-order chi connectivity index (χ1) is 14.8. The van der Waals surface area contributed by atoms with Gasteiger partial charge in [-0.15, -0.1) is 0 Å². The number of benzene rings is 2. The molecular weight excluding hydrogens is 420 g/mol. The molecule has 0 atom stereocenters. The Hall–Kier alpha value is -3.42. The first kappa shape index (κ1) is 22.3. The van der Waals surface area contributed by atoms with E-state index in [1.165, 1.54) is 12.2 Å². The normalized spacial score (nSPS) is 11.2. The number of carbonyl (C=O) groups excluding carboxylic acids is 2. The minimum Gasteiger partial charge on any atom is -0.463 e. The number of anilines is 1. The molecule has 1 amide bonds. The zero-order valence-electron chi connectivity index (χ0n) is 17.1. The highest BCUT2D eigenvalue weighted by molar-refractivity contribution is 6.31. The molecule has 160 valence electrons. The molecule has 0 unspecified atom stereocenters. The fraction of sp³-hybridized carbons (Fsp3) is 0.174. The number of carbonyl (C=O) groups is 2. The van der Waals surface area contributed by atoms with E-state index in [2.05, 4.69) is 5.32 Å². The van der Waals surface area contributed by atoms with Gasteiger partial charge < -0.3 is 19.4 Å². The summed E-state index contributed by atoms with van der Waals surface area (Å²) in [6, 6.07) is 11.4. The lowest BCUT2D eigenvalue weighted by atomic mass is 10.1. The van der Waals surface area contributed by atoms with Crippen LogP contribution in [0.3, 0.4) is 0 Å². The third kappa shape index (κ3) is 6.04. The molecular formula is C23H21ClN2O5. The predicted molar refractivity (Wildman–Crippen MR) is 120 cm³/mol. The monoisotopic (exact) mass is 440 g/mol. The van der Waals surface area contributed by atoms with Gasteiger partial charge in [0.1, 0.15) is 24.0 Å². The summed E-state index contributed by atoms with van der Waals surface area (Å²) in [6.45, 7) is 0.902. The van der Waals surface area contributed by atoms with Crippen molar-refractivity contribution in [1.82, 2.24) is 4.90 Å². The standard InChI is InChI=1S/C23H21ClN2O5/c1-26(2)10-11-30-21(27)9-7-15-6-8-20-18(12-15)22(28)19(14-31-20)23(29)25-17-5-3-4-16(24)13-17/h3-9,12-14H,10-11H2,1-2H3,(H,25,29)/b9-7+. The predicted octanol–water partition coefficient (Wildman–Crippen LogP) is 3.82. The maximum Gasteiger partial charge on any atom is 0.330 e. The molecule has 0 spiro atoms. The van der Waals surface area contributed by atoms with E-state index in [0.717, 1.165) is 6.26 Å². The number of esters is 1. The van der Waals surface area contributed by atoms with Gasteiger partial charge in [0.05, 0.1) is 5.39 Å². The topological polar surface area (TPSA) is 88.8 Å². The number of amides is 1. The molecule has 0 aliphatic heterocycles. The molecule has 31 heavy (non-hydrogen) atoms. The van der Waals surface area contributed by atoms with Crippen LogP contribution in [0, 0.1) is 0 Å². The lowest BCUT2D eigenvalue weighted by Crippen LogP contribution is -2.21. The molecule has 3 rings (SSSR count). The molecule has 0 radical (unpaired) electrons. The second-order valence-corrected chi connectivity index (χ2v) is 7.44. The number of ether oxygens (including phenoxy) is 1. The van der Waals surface area contributed by atoms with Crippen LogP contribution < -0.4 is 10.7 Å². The van der Waals surface area contributed by atoms with Gasteiger partial charge in [0, 0.05) is 23.3 Å². The van der Waals surface area contributed by atoms with Gasteiger partial charge in [-0.05, 0) is 56.1 Å². The molecule has 8 heteroatoms. The van der Waals surface area contributed by atoms with E-state index in [1.54, 1.807) is 42.5 Å². The summed E-state index contributed by atoms with van der Waals surface area (Å²) in [6.07, 6.45) is 3.95. The Bertz CT molecular complexity index is 1200. The Kier molecular flexibility index (Phi) is 7.23. The Morgan fingerprint density at radius 2 is 2.00 bits per heavy atom. The maximum atomic E-state index is 12.9. The fourth-order valence-electron chi connectivity index (χ4n) is 2.71. The molecule has 1 N–H and O–H groups in total. The minimum absolute atomic E-state index is 0.142. The third-order valence-corrected chi connectivity index (χ3v) is 4.55. The highest BCUT2D eigenvalue weighted by Crippen LogP contribution is 2.18. The molecule has 3 aromatic rings. The summed E-state index contributed by atoms with van der Waals surface area (Å²) in [5, 5.41) is 3.31. The molecule has 0 aliphatic carbocycles. The van der Waals surface area contributed by atoms with Crippen LogP contribution >= 0.6 is 11.6 Å². The molecule has 2 aromatic carbocycles. The third-order valence-electron chi connectivity index (χ3n) is 4.32. The largest absolute Gasteiger partial charge is 0.463 e. The van der Waals surface area contributed by atoms with Crippen molar-refractivity contribution in [3.8, 4) is 0 Å². The zero-order chi connectivity index (χ0) is 22.4. The van der Waals surface area contributed by atoms with Gasteiger partial charge in [0.2, 0.25) is 5.43 Å². The number of halogens is 1. The summed E-state index contributed by atoms with van der Waals surface area (Å²) in [4.78, 5) is 39.1. The van der Waals surface area contributed by atoms with E-state index < -0.39 is 17.3 Å². The van der Waals surface area contributed by atoms with Crippen molar-refractivity contribution in [1.29, 1.82) is 0 Å². The van der Waals surface area contributed by atoms with Crippen molar-refractivity contribution in [3.63, 3.8) is 0 Å². The van der Waals surface area contributed by atoms with Gasteiger partial charge in [-0.25, -0.2) is 4.79 Å². The molecule has 0 saturated heterocycles. The Morgan fingerprint density at radius 1 is 1.19 bits per heavy atom. The summed E-state index contributed by atoms with van der Waals surface area (Å²) >= 11 is 5.92. The highest BCUT2D eigenvalue weighted by atomic mass is 35.5. The molecule has 0 saturated carbocycles. The molecule has 1 aromatic heterocycles. The number of likely N-dealkylation sites (N-methyl/N-ethyl adjacent to an activating group) is 1. The number of nitrogens with zero attached hydrogens (tertiary/aromatic N) is 1.